The third-order valence-corrected chi connectivity index (χ3v) is 4.60. The molecule has 0 bridgehead atoms. The first-order valence-corrected chi connectivity index (χ1v) is 7.22. The fraction of sp³-hybridized carbons (Fsp3) is 0.154. The van der Waals surface area contributed by atoms with E-state index in [9.17, 15) is 0 Å². The van der Waals surface area contributed by atoms with Crippen molar-refractivity contribution in [3.05, 3.63) is 40.0 Å². The van der Waals surface area contributed by atoms with Crippen molar-refractivity contribution in [3.8, 4) is 10.6 Å². The molecule has 92 valence electrons. The Morgan fingerprint density at radius 2 is 2.17 bits per heavy atom. The number of aromatic nitrogens is 1. The van der Waals surface area contributed by atoms with Crippen LogP contribution in [0.15, 0.2) is 38.7 Å². The molecule has 0 fully saturated rings. The third kappa shape index (κ3) is 1.98. The number of benzene rings is 1. The van der Waals surface area contributed by atoms with Gasteiger partial charge in [0.25, 0.3) is 0 Å². The maximum atomic E-state index is 5.57. The lowest BCUT2D eigenvalue weighted by Crippen LogP contribution is -2.03. The average Bonchev–Trinajstić information content (AvgIpc) is 2.94. The van der Waals surface area contributed by atoms with Crippen LogP contribution in [0, 0.1) is 0 Å². The van der Waals surface area contributed by atoms with Crippen LogP contribution in [-0.2, 0) is 6.42 Å². The Morgan fingerprint density at radius 1 is 1.33 bits per heavy atom. The Hall–Kier alpha value is -1.17. The Morgan fingerprint density at radius 3 is 3.00 bits per heavy atom. The van der Waals surface area contributed by atoms with E-state index in [2.05, 4.69) is 20.9 Å². The number of nitrogens with two attached hydrogens (primary N) is 1. The molecule has 1 aromatic carbocycles. The topological polar surface area (TPSA) is 52.0 Å². The molecule has 2 N–H and O–H groups in total. The van der Waals surface area contributed by atoms with Gasteiger partial charge in [-0.05, 0) is 28.5 Å². The van der Waals surface area contributed by atoms with E-state index in [1.165, 1.54) is 0 Å². The highest BCUT2D eigenvalue weighted by atomic mass is 79.9. The molecule has 0 atom stereocenters. The van der Waals surface area contributed by atoms with E-state index in [1.54, 1.807) is 17.6 Å². The lowest BCUT2D eigenvalue weighted by Gasteiger charge is -1.92. The van der Waals surface area contributed by atoms with Crippen LogP contribution in [-0.4, -0.2) is 11.5 Å². The zero-order valence-electron chi connectivity index (χ0n) is 9.52. The lowest BCUT2D eigenvalue weighted by atomic mass is 10.2. The molecule has 18 heavy (non-hydrogen) atoms. The number of rotatable bonds is 3. The van der Waals surface area contributed by atoms with Crippen molar-refractivity contribution < 1.29 is 4.42 Å². The smallest absolute Gasteiger partial charge is 0.134 e. The molecule has 3 aromatic rings. The Balaban J connectivity index is 2.11. The fourth-order valence-electron chi connectivity index (χ4n) is 1.88. The van der Waals surface area contributed by atoms with E-state index >= 15 is 0 Å². The van der Waals surface area contributed by atoms with Gasteiger partial charge in [-0.25, -0.2) is 4.98 Å². The van der Waals surface area contributed by atoms with Crippen molar-refractivity contribution >= 4 is 38.2 Å². The van der Waals surface area contributed by atoms with Gasteiger partial charge in [0.15, 0.2) is 0 Å². The summed E-state index contributed by atoms with van der Waals surface area (Å²) in [5.74, 6) is 0. The van der Waals surface area contributed by atoms with E-state index in [-0.39, 0.29) is 0 Å². The Kier molecular flexibility index (Phi) is 3.20. The van der Waals surface area contributed by atoms with Gasteiger partial charge in [0.05, 0.1) is 15.0 Å². The van der Waals surface area contributed by atoms with Crippen LogP contribution < -0.4 is 5.73 Å². The predicted octanol–water partition coefficient (Wildman–Crippen LogP) is 3.82. The van der Waals surface area contributed by atoms with E-state index in [0.717, 1.165) is 37.4 Å². The fourth-order valence-corrected chi connectivity index (χ4v) is 3.49. The van der Waals surface area contributed by atoms with Crippen LogP contribution in [0.25, 0.3) is 21.5 Å². The third-order valence-electron chi connectivity index (χ3n) is 2.74. The molecule has 0 spiro atoms. The molecule has 2 heterocycles. The first kappa shape index (κ1) is 11.9. The van der Waals surface area contributed by atoms with Gasteiger partial charge < -0.3 is 10.2 Å². The van der Waals surface area contributed by atoms with Gasteiger partial charge in [-0.2, -0.15) is 0 Å². The molecule has 2 aromatic heterocycles. The maximum absolute atomic E-state index is 5.57. The number of para-hydroxylation sites is 1. The van der Waals surface area contributed by atoms with E-state index in [0.29, 0.717) is 6.54 Å². The minimum absolute atomic E-state index is 0.605. The summed E-state index contributed by atoms with van der Waals surface area (Å²) < 4.78 is 6.59. The standard InChI is InChI=1S/C13H11BrN2OS/c14-12-10(5-6-15)16-13(18-12)9-7-17-11-4-2-1-3-8(9)11/h1-4,7H,5-6,15H2. The summed E-state index contributed by atoms with van der Waals surface area (Å²) in [7, 11) is 0. The number of hydrogen-bond donors (Lipinski definition) is 1. The van der Waals surface area contributed by atoms with Crippen molar-refractivity contribution in [1.82, 2.24) is 4.98 Å². The van der Waals surface area contributed by atoms with E-state index in [4.69, 9.17) is 10.2 Å². The molecule has 0 unspecified atom stereocenters. The number of thiazole rings is 1. The molecule has 0 aliphatic carbocycles. The van der Waals surface area contributed by atoms with E-state index in [1.807, 2.05) is 24.3 Å². The van der Waals surface area contributed by atoms with Gasteiger partial charge in [0, 0.05) is 11.8 Å². The zero-order chi connectivity index (χ0) is 12.5. The summed E-state index contributed by atoms with van der Waals surface area (Å²) in [6, 6.07) is 7.98. The van der Waals surface area contributed by atoms with Gasteiger partial charge in [-0.1, -0.05) is 18.2 Å². The van der Waals surface area contributed by atoms with Crippen molar-refractivity contribution in [2.24, 2.45) is 5.73 Å². The summed E-state index contributed by atoms with van der Waals surface area (Å²) in [6.45, 7) is 0.605. The van der Waals surface area contributed by atoms with Crippen LogP contribution >= 0.6 is 27.3 Å². The first-order chi connectivity index (χ1) is 8.79. The molecule has 0 aliphatic rings. The SMILES string of the molecule is NCCc1nc(-c2coc3ccccc23)sc1Br. The molecule has 0 saturated carbocycles. The first-order valence-electron chi connectivity index (χ1n) is 5.61. The Bertz CT molecular complexity index is 689. The molecule has 0 amide bonds. The van der Waals surface area contributed by atoms with Crippen LogP contribution in [0.3, 0.4) is 0 Å². The lowest BCUT2D eigenvalue weighted by molar-refractivity contribution is 0.617. The summed E-state index contributed by atoms with van der Waals surface area (Å²) in [5, 5.41) is 2.06. The van der Waals surface area contributed by atoms with Gasteiger partial charge in [0.1, 0.15) is 16.9 Å². The minimum Gasteiger partial charge on any atom is -0.464 e. The predicted molar refractivity (Wildman–Crippen MR) is 77.8 cm³/mol. The second-order valence-electron chi connectivity index (χ2n) is 3.92. The summed E-state index contributed by atoms with van der Waals surface area (Å²) in [4.78, 5) is 4.62. The van der Waals surface area contributed by atoms with Crippen LogP contribution in [0.1, 0.15) is 5.69 Å². The molecule has 0 saturated heterocycles. The summed E-state index contributed by atoms with van der Waals surface area (Å²) in [5.41, 5.74) is 8.52. The van der Waals surface area contributed by atoms with Crippen LogP contribution in [0.2, 0.25) is 0 Å². The Labute approximate surface area is 117 Å². The largest absolute Gasteiger partial charge is 0.464 e. The van der Waals surface area contributed by atoms with Crippen molar-refractivity contribution in [2.75, 3.05) is 6.54 Å². The molecular formula is C13H11BrN2OS. The molecule has 5 heteroatoms. The number of hydrogen-bond acceptors (Lipinski definition) is 4. The maximum Gasteiger partial charge on any atom is 0.134 e. The van der Waals surface area contributed by atoms with Gasteiger partial charge in [-0.15, -0.1) is 11.3 Å². The normalized spacial score (nSPS) is 11.2. The van der Waals surface area contributed by atoms with Crippen molar-refractivity contribution in [3.63, 3.8) is 0 Å². The molecule has 0 radical (unpaired) electrons. The monoisotopic (exact) mass is 322 g/mol. The van der Waals surface area contributed by atoms with Gasteiger partial charge in [-0.3, -0.25) is 0 Å². The second-order valence-corrected chi connectivity index (χ2v) is 6.24. The summed E-state index contributed by atoms with van der Waals surface area (Å²) >= 11 is 5.15. The van der Waals surface area contributed by atoms with Gasteiger partial charge >= 0.3 is 0 Å². The van der Waals surface area contributed by atoms with Crippen LogP contribution in [0.4, 0.5) is 0 Å². The highest BCUT2D eigenvalue weighted by Gasteiger charge is 2.14. The number of halogens is 1. The number of fused-ring (bicyclic) bond motifs is 1. The van der Waals surface area contributed by atoms with Crippen molar-refractivity contribution in [2.45, 2.75) is 6.42 Å². The van der Waals surface area contributed by atoms with Crippen molar-refractivity contribution in [1.29, 1.82) is 0 Å². The minimum atomic E-state index is 0.605. The number of furan rings is 1. The van der Waals surface area contributed by atoms with Crippen LogP contribution in [0.5, 0.6) is 0 Å². The molecule has 3 nitrogen and oxygen atoms in total. The quantitative estimate of drug-likeness (QED) is 0.797. The molecule has 0 aliphatic heterocycles. The number of nitrogens with zero attached hydrogens (tertiary/aromatic N) is 1. The average molecular weight is 323 g/mol. The zero-order valence-corrected chi connectivity index (χ0v) is 11.9. The summed E-state index contributed by atoms with van der Waals surface area (Å²) in [6.07, 6.45) is 2.55. The van der Waals surface area contributed by atoms with Gasteiger partial charge in [0.2, 0.25) is 0 Å². The van der Waals surface area contributed by atoms with E-state index < -0.39 is 0 Å². The second kappa shape index (κ2) is 4.84. The highest BCUT2D eigenvalue weighted by molar-refractivity contribution is 9.11. The molecule has 3 rings (SSSR count). The molecular weight excluding hydrogens is 312 g/mol. The highest BCUT2D eigenvalue weighted by Crippen LogP contribution is 2.36.